The fraction of sp³-hybridized carbons (Fsp3) is 0.250. The molecule has 30 heavy (non-hydrogen) atoms. The summed E-state index contributed by atoms with van der Waals surface area (Å²) in [5, 5.41) is 2.13. The number of benzene rings is 2. The van der Waals surface area contributed by atoms with E-state index in [-0.39, 0.29) is 11.9 Å². The summed E-state index contributed by atoms with van der Waals surface area (Å²) in [4.78, 5) is 30.5. The predicted molar refractivity (Wildman–Crippen MR) is 115 cm³/mol. The molecule has 0 unspecified atom stereocenters. The van der Waals surface area contributed by atoms with Crippen LogP contribution in [0.1, 0.15) is 27.3 Å². The van der Waals surface area contributed by atoms with E-state index in [4.69, 9.17) is 4.74 Å². The fourth-order valence-corrected chi connectivity index (χ4v) is 4.47. The van der Waals surface area contributed by atoms with Gasteiger partial charge in [-0.3, -0.25) is 4.79 Å². The number of ether oxygens (including phenoxy) is 1. The van der Waals surface area contributed by atoms with E-state index < -0.39 is 0 Å². The van der Waals surface area contributed by atoms with Crippen molar-refractivity contribution < 1.29 is 14.3 Å². The van der Waals surface area contributed by atoms with E-state index in [0.717, 1.165) is 45.2 Å². The van der Waals surface area contributed by atoms with Crippen LogP contribution in [0.15, 0.2) is 48.5 Å². The molecule has 1 aliphatic heterocycles. The first-order chi connectivity index (χ1) is 14.5. The van der Waals surface area contributed by atoms with Gasteiger partial charge < -0.3 is 19.2 Å². The van der Waals surface area contributed by atoms with E-state index in [2.05, 4.69) is 27.8 Å². The molecule has 6 heteroatoms. The Morgan fingerprint density at radius 2 is 1.97 bits per heavy atom. The van der Waals surface area contributed by atoms with Crippen molar-refractivity contribution in [2.24, 2.45) is 0 Å². The minimum absolute atomic E-state index is 0.101. The van der Waals surface area contributed by atoms with E-state index in [1.54, 1.807) is 6.07 Å². The van der Waals surface area contributed by atoms with Gasteiger partial charge in [-0.15, -0.1) is 0 Å². The van der Waals surface area contributed by atoms with Crippen molar-refractivity contribution in [2.75, 3.05) is 13.7 Å². The molecule has 1 N–H and O–H groups in total. The smallest absolute Gasteiger partial charge is 0.337 e. The first kappa shape index (κ1) is 18.5. The summed E-state index contributed by atoms with van der Waals surface area (Å²) in [6.07, 6.45) is 0.773. The minimum atomic E-state index is -0.356. The average molecular weight is 401 g/mol. The predicted octanol–water partition coefficient (Wildman–Crippen LogP) is 3.80. The Balaban J connectivity index is 1.44. The lowest BCUT2D eigenvalue weighted by Gasteiger charge is -2.28. The van der Waals surface area contributed by atoms with Crippen LogP contribution in [0.4, 0.5) is 0 Å². The Hall–Kier alpha value is -3.54. The molecule has 0 saturated heterocycles. The number of carbonyl (C=O) groups excluding carboxylic acids is 2. The number of para-hydroxylation sites is 1. The number of carbonyl (C=O) groups is 2. The molecule has 2 aromatic carbocycles. The van der Waals surface area contributed by atoms with Gasteiger partial charge >= 0.3 is 5.97 Å². The molecule has 0 spiro atoms. The minimum Gasteiger partial charge on any atom is -0.465 e. The summed E-state index contributed by atoms with van der Waals surface area (Å²) in [5.41, 5.74) is 5.88. The molecule has 5 rings (SSSR count). The van der Waals surface area contributed by atoms with Crippen LogP contribution >= 0.6 is 0 Å². The Morgan fingerprint density at radius 1 is 1.13 bits per heavy atom. The molecule has 2 aromatic heterocycles. The van der Waals surface area contributed by atoms with Crippen LogP contribution in [0, 0.1) is 6.92 Å². The van der Waals surface area contributed by atoms with Gasteiger partial charge in [0, 0.05) is 52.9 Å². The molecular formula is C24H23N3O3. The molecule has 4 aromatic rings. The first-order valence-corrected chi connectivity index (χ1v) is 10.1. The topological polar surface area (TPSA) is 67.3 Å². The van der Waals surface area contributed by atoms with E-state index >= 15 is 0 Å². The van der Waals surface area contributed by atoms with Crippen LogP contribution < -0.4 is 0 Å². The summed E-state index contributed by atoms with van der Waals surface area (Å²) in [5.74, 6) is -0.255. The van der Waals surface area contributed by atoms with Gasteiger partial charge in [-0.05, 0) is 42.6 Å². The first-order valence-electron chi connectivity index (χ1n) is 10.1. The lowest BCUT2D eigenvalue weighted by molar-refractivity contribution is -0.132. The number of nitrogens with one attached hydrogen (secondary N) is 1. The Morgan fingerprint density at radius 3 is 2.80 bits per heavy atom. The Bertz CT molecular complexity index is 1300. The van der Waals surface area contributed by atoms with Crippen molar-refractivity contribution in [2.45, 2.75) is 26.4 Å². The summed E-state index contributed by atoms with van der Waals surface area (Å²) < 4.78 is 6.93. The van der Waals surface area contributed by atoms with Crippen LogP contribution in [0.5, 0.6) is 0 Å². The monoisotopic (exact) mass is 401 g/mol. The largest absolute Gasteiger partial charge is 0.465 e. The highest BCUT2D eigenvalue weighted by molar-refractivity contribution is 5.96. The summed E-state index contributed by atoms with van der Waals surface area (Å²) in [7, 11) is 1.38. The molecule has 0 saturated carbocycles. The molecule has 0 bridgehead atoms. The van der Waals surface area contributed by atoms with Crippen molar-refractivity contribution in [3.63, 3.8) is 0 Å². The summed E-state index contributed by atoms with van der Waals surface area (Å²) in [6.45, 7) is 3.58. The van der Waals surface area contributed by atoms with Gasteiger partial charge in [0.2, 0.25) is 5.91 Å². The second-order valence-corrected chi connectivity index (χ2v) is 7.83. The van der Waals surface area contributed by atoms with E-state index in [9.17, 15) is 9.59 Å². The maximum atomic E-state index is 13.2. The highest BCUT2D eigenvalue weighted by Crippen LogP contribution is 2.29. The van der Waals surface area contributed by atoms with Gasteiger partial charge in [-0.25, -0.2) is 4.79 Å². The number of fused-ring (bicyclic) bond motifs is 4. The molecule has 6 nitrogen and oxygen atoms in total. The molecule has 0 radical (unpaired) electrons. The number of esters is 1. The zero-order chi connectivity index (χ0) is 20.8. The van der Waals surface area contributed by atoms with Crippen LogP contribution in [0.25, 0.3) is 21.8 Å². The number of H-pyrrole nitrogens is 1. The van der Waals surface area contributed by atoms with E-state index in [1.165, 1.54) is 7.11 Å². The van der Waals surface area contributed by atoms with Gasteiger partial charge in [-0.1, -0.05) is 18.2 Å². The maximum absolute atomic E-state index is 13.2. The second-order valence-electron chi connectivity index (χ2n) is 7.83. The van der Waals surface area contributed by atoms with Crippen molar-refractivity contribution in [1.82, 2.24) is 14.5 Å². The van der Waals surface area contributed by atoms with Crippen LogP contribution in [-0.2, 0) is 29.0 Å². The van der Waals surface area contributed by atoms with Crippen molar-refractivity contribution in [1.29, 1.82) is 0 Å². The number of methoxy groups -OCH3 is 1. The number of aryl methyl sites for hydroxylation is 1. The molecule has 152 valence electrons. The number of aromatic amines is 1. The van der Waals surface area contributed by atoms with Gasteiger partial charge in [-0.2, -0.15) is 0 Å². The van der Waals surface area contributed by atoms with Gasteiger partial charge in [0.1, 0.15) is 6.54 Å². The van der Waals surface area contributed by atoms with Crippen LogP contribution in [-0.4, -0.2) is 40.0 Å². The van der Waals surface area contributed by atoms with E-state index in [0.29, 0.717) is 25.2 Å². The van der Waals surface area contributed by atoms with Gasteiger partial charge in [0.15, 0.2) is 0 Å². The number of rotatable bonds is 3. The second kappa shape index (κ2) is 7.06. The standard InChI is InChI=1S/C24H23N3O3/c1-15-11-16-5-3-4-6-22(16)27(15)14-23(28)26-10-9-21-19(13-26)18-12-17(24(29)30-2)7-8-20(18)25-21/h3-8,11-12,25H,9-10,13-14H2,1-2H3. The third-order valence-corrected chi connectivity index (χ3v) is 6.06. The normalized spacial score (nSPS) is 13.6. The number of nitrogens with zero attached hydrogens (tertiary/aromatic N) is 2. The quantitative estimate of drug-likeness (QED) is 0.531. The fourth-order valence-electron chi connectivity index (χ4n) is 4.47. The third-order valence-electron chi connectivity index (χ3n) is 6.06. The van der Waals surface area contributed by atoms with Gasteiger partial charge in [0.25, 0.3) is 0 Å². The maximum Gasteiger partial charge on any atom is 0.337 e. The molecule has 3 heterocycles. The summed E-state index contributed by atoms with van der Waals surface area (Å²) >= 11 is 0. The number of hydrogen-bond acceptors (Lipinski definition) is 3. The van der Waals surface area contributed by atoms with Crippen molar-refractivity contribution in [3.8, 4) is 0 Å². The third kappa shape index (κ3) is 2.96. The van der Waals surface area contributed by atoms with Crippen molar-refractivity contribution in [3.05, 3.63) is 71.0 Å². The highest BCUT2D eigenvalue weighted by Gasteiger charge is 2.25. The zero-order valence-electron chi connectivity index (χ0n) is 17.1. The van der Waals surface area contributed by atoms with Crippen LogP contribution in [0.2, 0.25) is 0 Å². The Kier molecular flexibility index (Phi) is 4.35. The average Bonchev–Trinajstić information content (AvgIpc) is 3.29. The lowest BCUT2D eigenvalue weighted by Crippen LogP contribution is -2.38. The van der Waals surface area contributed by atoms with E-state index in [1.807, 2.05) is 36.1 Å². The number of hydrogen-bond donors (Lipinski definition) is 1. The van der Waals surface area contributed by atoms with Gasteiger partial charge in [0.05, 0.1) is 12.7 Å². The highest BCUT2D eigenvalue weighted by atomic mass is 16.5. The summed E-state index contributed by atoms with van der Waals surface area (Å²) in [6, 6.07) is 15.8. The molecule has 0 fully saturated rings. The molecule has 0 atom stereocenters. The molecule has 0 aliphatic carbocycles. The molecule has 1 amide bonds. The molecular weight excluding hydrogens is 378 g/mol. The van der Waals surface area contributed by atoms with Crippen molar-refractivity contribution >= 4 is 33.7 Å². The number of amides is 1. The molecule has 1 aliphatic rings. The Labute approximate surface area is 174 Å². The lowest BCUT2D eigenvalue weighted by atomic mass is 10.0. The van der Waals surface area contributed by atoms with Crippen LogP contribution in [0.3, 0.4) is 0 Å². The number of aromatic nitrogens is 2. The zero-order valence-corrected chi connectivity index (χ0v) is 17.1. The SMILES string of the molecule is COC(=O)c1ccc2[nH]c3c(c2c1)CN(C(=O)Cn1c(C)cc2ccccc21)CC3.